The number of aromatic nitrogens is 1. The molecule has 16 heavy (non-hydrogen) atoms. The molecule has 0 saturated heterocycles. The zero-order chi connectivity index (χ0) is 11.1. The maximum atomic E-state index is 9.20. The van der Waals surface area contributed by atoms with Gasteiger partial charge >= 0.3 is 0 Å². The molecular formula is C14H17NO. The quantitative estimate of drug-likeness (QED) is 0.794. The van der Waals surface area contributed by atoms with Crippen LogP contribution in [0.1, 0.15) is 36.1 Å². The molecule has 2 nitrogen and oxygen atoms in total. The van der Waals surface area contributed by atoms with E-state index in [2.05, 4.69) is 30.1 Å². The molecule has 2 heteroatoms. The van der Waals surface area contributed by atoms with Crippen LogP contribution in [0.3, 0.4) is 0 Å². The van der Waals surface area contributed by atoms with Crippen LogP contribution in [0.4, 0.5) is 0 Å². The second kappa shape index (κ2) is 3.63. The molecule has 0 spiro atoms. The first-order valence-electron chi connectivity index (χ1n) is 6.04. The molecule has 0 fully saturated rings. The van der Waals surface area contributed by atoms with E-state index in [1.165, 1.54) is 47.0 Å². The van der Waals surface area contributed by atoms with Gasteiger partial charge in [0, 0.05) is 29.1 Å². The summed E-state index contributed by atoms with van der Waals surface area (Å²) >= 11 is 0. The summed E-state index contributed by atoms with van der Waals surface area (Å²) in [6, 6.07) is 6.51. The van der Waals surface area contributed by atoms with Crippen LogP contribution < -0.4 is 0 Å². The molecule has 1 unspecified atom stereocenters. The lowest BCUT2D eigenvalue weighted by Gasteiger charge is -2.08. The van der Waals surface area contributed by atoms with Crippen LogP contribution in [-0.2, 0) is 12.8 Å². The average molecular weight is 215 g/mol. The Balaban J connectivity index is 2.16. The van der Waals surface area contributed by atoms with E-state index in [-0.39, 0.29) is 12.5 Å². The van der Waals surface area contributed by atoms with Gasteiger partial charge in [0.15, 0.2) is 0 Å². The van der Waals surface area contributed by atoms with Crippen molar-refractivity contribution in [1.82, 2.24) is 4.98 Å². The number of aromatic amines is 1. The SMILES string of the molecule is CC(CO)c1ccc2[nH]c3c(c2c1)CCC3. The number of hydrogen-bond acceptors (Lipinski definition) is 1. The molecule has 84 valence electrons. The van der Waals surface area contributed by atoms with E-state index in [1.54, 1.807) is 0 Å². The van der Waals surface area contributed by atoms with Crippen molar-refractivity contribution in [2.45, 2.75) is 32.1 Å². The van der Waals surface area contributed by atoms with Crippen molar-refractivity contribution in [3.8, 4) is 0 Å². The van der Waals surface area contributed by atoms with Crippen molar-refractivity contribution in [2.75, 3.05) is 6.61 Å². The van der Waals surface area contributed by atoms with Crippen LogP contribution >= 0.6 is 0 Å². The summed E-state index contributed by atoms with van der Waals surface area (Å²) < 4.78 is 0. The molecule has 1 aromatic carbocycles. The van der Waals surface area contributed by atoms with Gasteiger partial charge in [0.05, 0.1) is 0 Å². The van der Waals surface area contributed by atoms with Crippen molar-refractivity contribution in [3.63, 3.8) is 0 Å². The smallest absolute Gasteiger partial charge is 0.0497 e. The van der Waals surface area contributed by atoms with Gasteiger partial charge in [0.25, 0.3) is 0 Å². The molecule has 2 aromatic rings. The molecule has 1 aliphatic rings. The molecule has 1 atom stereocenters. The zero-order valence-electron chi connectivity index (χ0n) is 9.59. The number of nitrogens with one attached hydrogen (secondary N) is 1. The fourth-order valence-electron chi connectivity index (χ4n) is 2.67. The van der Waals surface area contributed by atoms with Gasteiger partial charge in [-0.05, 0) is 42.5 Å². The number of aliphatic hydroxyl groups excluding tert-OH is 1. The standard InChI is InChI=1S/C14H17NO/c1-9(8-16)10-5-6-14-12(7-10)11-3-2-4-13(11)15-14/h5-7,9,15-16H,2-4,8H2,1H3. The Morgan fingerprint density at radius 3 is 3.06 bits per heavy atom. The predicted octanol–water partition coefficient (Wildman–Crippen LogP) is 2.75. The van der Waals surface area contributed by atoms with Crippen molar-refractivity contribution in [1.29, 1.82) is 0 Å². The van der Waals surface area contributed by atoms with E-state index in [1.807, 2.05) is 0 Å². The van der Waals surface area contributed by atoms with Crippen molar-refractivity contribution >= 4 is 10.9 Å². The topological polar surface area (TPSA) is 36.0 Å². The van der Waals surface area contributed by atoms with Gasteiger partial charge in [-0.1, -0.05) is 13.0 Å². The lowest BCUT2D eigenvalue weighted by molar-refractivity contribution is 0.273. The highest BCUT2D eigenvalue weighted by Crippen LogP contribution is 2.31. The van der Waals surface area contributed by atoms with Crippen molar-refractivity contribution in [3.05, 3.63) is 35.0 Å². The normalized spacial score (nSPS) is 16.6. The molecule has 0 bridgehead atoms. The molecule has 1 aliphatic carbocycles. The molecule has 0 aliphatic heterocycles. The monoisotopic (exact) mass is 215 g/mol. The Bertz CT molecular complexity index is 527. The molecule has 0 saturated carbocycles. The maximum absolute atomic E-state index is 9.20. The van der Waals surface area contributed by atoms with E-state index in [9.17, 15) is 5.11 Å². The lowest BCUT2D eigenvalue weighted by atomic mass is 9.99. The van der Waals surface area contributed by atoms with Crippen LogP contribution in [0.2, 0.25) is 0 Å². The lowest BCUT2D eigenvalue weighted by Crippen LogP contribution is -1.98. The number of rotatable bonds is 2. The Hall–Kier alpha value is -1.28. The van der Waals surface area contributed by atoms with Gasteiger partial charge in [-0.15, -0.1) is 0 Å². The highest BCUT2D eigenvalue weighted by molar-refractivity contribution is 5.86. The summed E-state index contributed by atoms with van der Waals surface area (Å²) in [6.07, 6.45) is 3.66. The third-order valence-electron chi connectivity index (χ3n) is 3.72. The van der Waals surface area contributed by atoms with E-state index in [4.69, 9.17) is 0 Å². The van der Waals surface area contributed by atoms with Gasteiger partial charge in [-0.3, -0.25) is 0 Å². The van der Waals surface area contributed by atoms with Crippen molar-refractivity contribution in [2.24, 2.45) is 0 Å². The summed E-state index contributed by atoms with van der Waals surface area (Å²) in [7, 11) is 0. The summed E-state index contributed by atoms with van der Waals surface area (Å²) in [5, 5.41) is 10.6. The van der Waals surface area contributed by atoms with Gasteiger partial charge in [-0.25, -0.2) is 0 Å². The summed E-state index contributed by atoms with van der Waals surface area (Å²) in [6.45, 7) is 2.28. The van der Waals surface area contributed by atoms with Gasteiger partial charge in [0.2, 0.25) is 0 Å². The number of H-pyrrole nitrogens is 1. The largest absolute Gasteiger partial charge is 0.396 e. The number of aryl methyl sites for hydroxylation is 2. The summed E-state index contributed by atoms with van der Waals surface area (Å²) in [5.41, 5.74) is 5.41. The van der Waals surface area contributed by atoms with Crippen LogP contribution in [0.5, 0.6) is 0 Å². The molecule has 3 rings (SSSR count). The molecular weight excluding hydrogens is 198 g/mol. The minimum atomic E-state index is 0.220. The first-order valence-corrected chi connectivity index (χ1v) is 6.04. The Morgan fingerprint density at radius 2 is 2.25 bits per heavy atom. The van der Waals surface area contributed by atoms with Gasteiger partial charge < -0.3 is 10.1 Å². The molecule has 2 N–H and O–H groups in total. The predicted molar refractivity (Wildman–Crippen MR) is 65.8 cm³/mol. The second-order valence-electron chi connectivity index (χ2n) is 4.82. The highest BCUT2D eigenvalue weighted by Gasteiger charge is 2.17. The molecule has 1 heterocycles. The van der Waals surface area contributed by atoms with E-state index in [0.29, 0.717) is 0 Å². The molecule has 0 radical (unpaired) electrons. The van der Waals surface area contributed by atoms with E-state index >= 15 is 0 Å². The molecule has 1 aromatic heterocycles. The number of hydrogen-bond donors (Lipinski definition) is 2. The zero-order valence-corrected chi connectivity index (χ0v) is 9.59. The van der Waals surface area contributed by atoms with E-state index < -0.39 is 0 Å². The van der Waals surface area contributed by atoms with Crippen LogP contribution in [0.15, 0.2) is 18.2 Å². The molecule has 0 amide bonds. The van der Waals surface area contributed by atoms with Crippen LogP contribution in [0.25, 0.3) is 10.9 Å². The van der Waals surface area contributed by atoms with Gasteiger partial charge in [-0.2, -0.15) is 0 Å². The van der Waals surface area contributed by atoms with Crippen LogP contribution in [-0.4, -0.2) is 16.7 Å². The first kappa shape index (κ1) is 9.91. The van der Waals surface area contributed by atoms with Crippen LogP contribution in [0, 0.1) is 0 Å². The first-order chi connectivity index (χ1) is 7.79. The second-order valence-corrected chi connectivity index (χ2v) is 4.82. The Kier molecular flexibility index (Phi) is 2.25. The third kappa shape index (κ3) is 1.37. The van der Waals surface area contributed by atoms with Gasteiger partial charge in [0.1, 0.15) is 0 Å². The average Bonchev–Trinajstić information content (AvgIpc) is 2.87. The fourth-order valence-corrected chi connectivity index (χ4v) is 2.67. The van der Waals surface area contributed by atoms with E-state index in [0.717, 1.165) is 0 Å². The number of fused-ring (bicyclic) bond motifs is 3. The Morgan fingerprint density at radius 1 is 1.38 bits per heavy atom. The number of benzene rings is 1. The fraction of sp³-hybridized carbons (Fsp3) is 0.429. The summed E-state index contributed by atoms with van der Waals surface area (Å²) in [4.78, 5) is 3.50. The third-order valence-corrected chi connectivity index (χ3v) is 3.72. The minimum absolute atomic E-state index is 0.220. The maximum Gasteiger partial charge on any atom is 0.0497 e. The number of aliphatic hydroxyl groups is 1. The summed E-state index contributed by atoms with van der Waals surface area (Å²) in [5.74, 6) is 0.233. The highest BCUT2D eigenvalue weighted by atomic mass is 16.3. The Labute approximate surface area is 95.3 Å². The minimum Gasteiger partial charge on any atom is -0.396 e. The van der Waals surface area contributed by atoms with Crippen molar-refractivity contribution < 1.29 is 5.11 Å².